The largest absolute Gasteiger partial charge is 0.399 e. The van der Waals surface area contributed by atoms with Crippen molar-refractivity contribution in [2.24, 2.45) is 0 Å². The van der Waals surface area contributed by atoms with Crippen LogP contribution in [0, 0.1) is 0 Å². The molecule has 0 aliphatic rings. The molecule has 0 saturated heterocycles. The van der Waals surface area contributed by atoms with E-state index in [0.29, 0.717) is 32.5 Å². The molecule has 0 saturated carbocycles. The van der Waals surface area contributed by atoms with E-state index in [1.807, 2.05) is 24.3 Å². The quantitative estimate of drug-likeness (QED) is 0.441. The lowest BCUT2D eigenvalue weighted by Gasteiger charge is -2.05. The van der Waals surface area contributed by atoms with Crippen molar-refractivity contribution >= 4 is 40.0 Å². The number of nitrogens with one attached hydrogen (secondary N) is 1. The Hall–Kier alpha value is -1.98. The van der Waals surface area contributed by atoms with Crippen LogP contribution in [0.2, 0.25) is 5.02 Å². The summed E-state index contributed by atoms with van der Waals surface area (Å²) in [4.78, 5) is 19.2. The van der Waals surface area contributed by atoms with Crippen molar-refractivity contribution in [3.05, 3.63) is 63.4 Å². The number of rotatable bonds is 3. The number of halogens is 1. The number of H-pyrrole nitrogens is 1. The third kappa shape index (κ3) is 3.04. The molecule has 2 aromatic carbocycles. The van der Waals surface area contributed by atoms with Crippen LogP contribution in [0.15, 0.2) is 52.4 Å². The molecule has 0 aliphatic carbocycles. The summed E-state index contributed by atoms with van der Waals surface area (Å²) in [6.45, 7) is 0. The lowest BCUT2D eigenvalue weighted by atomic mass is 10.2. The molecule has 0 aliphatic heterocycles. The van der Waals surface area contributed by atoms with E-state index in [1.54, 1.807) is 18.2 Å². The number of nitrogen functional groups attached to an aromatic ring is 1. The molecule has 1 heterocycles. The maximum absolute atomic E-state index is 12.0. The van der Waals surface area contributed by atoms with E-state index in [1.165, 1.54) is 11.8 Å². The summed E-state index contributed by atoms with van der Waals surface area (Å²) in [7, 11) is 0. The van der Waals surface area contributed by atoms with Gasteiger partial charge in [-0.3, -0.25) is 4.79 Å². The number of aromatic nitrogens is 2. The Kier molecular flexibility index (Phi) is 3.86. The van der Waals surface area contributed by atoms with Gasteiger partial charge in [-0.15, -0.1) is 0 Å². The number of nitrogens with two attached hydrogens (primary N) is 1. The van der Waals surface area contributed by atoms with Gasteiger partial charge in [-0.1, -0.05) is 41.6 Å². The molecule has 21 heavy (non-hydrogen) atoms. The Balaban J connectivity index is 1.90. The van der Waals surface area contributed by atoms with Gasteiger partial charge in [0.05, 0.1) is 10.9 Å². The molecule has 3 rings (SSSR count). The Bertz CT molecular complexity index is 863. The average molecular weight is 318 g/mol. The second-order valence-corrected chi connectivity index (χ2v) is 5.90. The highest BCUT2D eigenvalue weighted by molar-refractivity contribution is 7.98. The van der Waals surface area contributed by atoms with Crippen molar-refractivity contribution in [2.75, 3.05) is 5.73 Å². The van der Waals surface area contributed by atoms with Crippen molar-refractivity contribution in [1.82, 2.24) is 9.97 Å². The SMILES string of the molecule is Nc1ccc2nc(SCc3ccccc3Cl)[nH]c(=O)c2c1. The highest BCUT2D eigenvalue weighted by Gasteiger charge is 2.06. The molecule has 0 bridgehead atoms. The predicted molar refractivity (Wildman–Crippen MR) is 87.8 cm³/mol. The molecule has 3 aromatic rings. The van der Waals surface area contributed by atoms with Crippen LogP contribution < -0.4 is 11.3 Å². The fourth-order valence-corrected chi connectivity index (χ4v) is 3.12. The molecule has 0 atom stereocenters. The molecule has 6 heteroatoms. The van der Waals surface area contributed by atoms with E-state index in [9.17, 15) is 4.79 Å². The fraction of sp³-hybridized carbons (Fsp3) is 0.0667. The summed E-state index contributed by atoms with van der Waals surface area (Å²) in [5.74, 6) is 0.642. The standard InChI is InChI=1S/C15H12ClN3OS/c16-12-4-2-1-3-9(12)8-21-15-18-13-6-5-10(17)7-11(13)14(20)19-15/h1-7H,8,17H2,(H,18,19,20). The number of aromatic amines is 1. The number of fused-ring (bicyclic) bond motifs is 1. The third-order valence-electron chi connectivity index (χ3n) is 3.03. The van der Waals surface area contributed by atoms with Gasteiger partial charge in [0.25, 0.3) is 5.56 Å². The Morgan fingerprint density at radius 3 is 2.86 bits per heavy atom. The first kappa shape index (κ1) is 14.0. The van der Waals surface area contributed by atoms with E-state index < -0.39 is 0 Å². The zero-order chi connectivity index (χ0) is 14.8. The molecule has 106 valence electrons. The highest BCUT2D eigenvalue weighted by Crippen LogP contribution is 2.24. The van der Waals surface area contributed by atoms with Gasteiger partial charge in [-0.05, 0) is 29.8 Å². The Morgan fingerprint density at radius 1 is 1.24 bits per heavy atom. The summed E-state index contributed by atoms with van der Waals surface area (Å²) in [5.41, 5.74) is 7.68. The Morgan fingerprint density at radius 2 is 2.05 bits per heavy atom. The molecular formula is C15H12ClN3OS. The van der Waals surface area contributed by atoms with Gasteiger partial charge < -0.3 is 10.7 Å². The lowest BCUT2D eigenvalue weighted by Crippen LogP contribution is -2.09. The van der Waals surface area contributed by atoms with Crippen LogP contribution in [-0.4, -0.2) is 9.97 Å². The third-order valence-corrected chi connectivity index (χ3v) is 4.32. The lowest BCUT2D eigenvalue weighted by molar-refractivity contribution is 0.974. The minimum atomic E-state index is -0.186. The summed E-state index contributed by atoms with van der Waals surface area (Å²) < 4.78 is 0. The Labute approximate surface area is 130 Å². The maximum Gasteiger partial charge on any atom is 0.259 e. The van der Waals surface area contributed by atoms with E-state index in [-0.39, 0.29) is 5.56 Å². The van der Waals surface area contributed by atoms with Gasteiger partial charge >= 0.3 is 0 Å². The van der Waals surface area contributed by atoms with E-state index in [2.05, 4.69) is 9.97 Å². The van der Waals surface area contributed by atoms with Gasteiger partial charge in [0.1, 0.15) is 0 Å². The molecule has 0 fully saturated rings. The molecule has 0 amide bonds. The molecule has 1 aromatic heterocycles. The molecule has 0 radical (unpaired) electrons. The van der Waals surface area contributed by atoms with Gasteiger partial charge in [-0.25, -0.2) is 4.98 Å². The second kappa shape index (κ2) is 5.79. The highest BCUT2D eigenvalue weighted by atomic mass is 35.5. The number of hydrogen-bond acceptors (Lipinski definition) is 4. The first-order valence-electron chi connectivity index (χ1n) is 6.29. The topological polar surface area (TPSA) is 71.8 Å². The number of hydrogen-bond donors (Lipinski definition) is 2. The first-order valence-corrected chi connectivity index (χ1v) is 7.65. The van der Waals surface area contributed by atoms with E-state index >= 15 is 0 Å². The van der Waals surface area contributed by atoms with Gasteiger partial charge in [0.2, 0.25) is 0 Å². The monoisotopic (exact) mass is 317 g/mol. The zero-order valence-corrected chi connectivity index (χ0v) is 12.5. The van der Waals surface area contributed by atoms with Crippen LogP contribution in [0.1, 0.15) is 5.56 Å². The van der Waals surface area contributed by atoms with Crippen molar-refractivity contribution in [2.45, 2.75) is 10.9 Å². The van der Waals surface area contributed by atoms with Gasteiger partial charge in [-0.2, -0.15) is 0 Å². The first-order chi connectivity index (χ1) is 10.1. The summed E-state index contributed by atoms with van der Waals surface area (Å²) in [6, 6.07) is 12.7. The van der Waals surface area contributed by atoms with Crippen molar-refractivity contribution in [1.29, 1.82) is 0 Å². The smallest absolute Gasteiger partial charge is 0.259 e. The van der Waals surface area contributed by atoms with Crippen LogP contribution in [0.3, 0.4) is 0 Å². The molecule has 4 nitrogen and oxygen atoms in total. The molecule has 0 spiro atoms. The molecular weight excluding hydrogens is 306 g/mol. The van der Waals surface area contributed by atoms with Crippen LogP contribution >= 0.6 is 23.4 Å². The number of anilines is 1. The van der Waals surface area contributed by atoms with Crippen LogP contribution in [-0.2, 0) is 5.75 Å². The molecule has 3 N–H and O–H groups in total. The van der Waals surface area contributed by atoms with Crippen LogP contribution in [0.25, 0.3) is 10.9 Å². The van der Waals surface area contributed by atoms with Crippen LogP contribution in [0.5, 0.6) is 0 Å². The van der Waals surface area contributed by atoms with Gasteiger partial charge in [0, 0.05) is 16.5 Å². The predicted octanol–water partition coefficient (Wildman–Crippen LogP) is 3.45. The van der Waals surface area contributed by atoms with Gasteiger partial charge in [0.15, 0.2) is 5.16 Å². The number of thioether (sulfide) groups is 1. The molecule has 0 unspecified atom stereocenters. The maximum atomic E-state index is 12.0. The summed E-state index contributed by atoms with van der Waals surface area (Å²) in [6.07, 6.45) is 0. The normalized spacial score (nSPS) is 10.9. The van der Waals surface area contributed by atoms with Crippen LogP contribution in [0.4, 0.5) is 5.69 Å². The second-order valence-electron chi connectivity index (χ2n) is 4.53. The van der Waals surface area contributed by atoms with E-state index in [0.717, 1.165) is 5.56 Å². The minimum Gasteiger partial charge on any atom is -0.399 e. The fourth-order valence-electron chi connectivity index (χ4n) is 1.96. The summed E-state index contributed by atoms with van der Waals surface area (Å²) in [5, 5.41) is 1.77. The zero-order valence-electron chi connectivity index (χ0n) is 11.0. The average Bonchev–Trinajstić information content (AvgIpc) is 2.47. The summed E-state index contributed by atoms with van der Waals surface area (Å²) >= 11 is 7.55. The number of benzene rings is 2. The van der Waals surface area contributed by atoms with Crippen molar-refractivity contribution < 1.29 is 0 Å². The van der Waals surface area contributed by atoms with E-state index in [4.69, 9.17) is 17.3 Å². The van der Waals surface area contributed by atoms with Crippen molar-refractivity contribution in [3.63, 3.8) is 0 Å². The minimum absolute atomic E-state index is 0.186. The number of nitrogens with zero attached hydrogens (tertiary/aromatic N) is 1. The van der Waals surface area contributed by atoms with Crippen molar-refractivity contribution in [3.8, 4) is 0 Å².